The van der Waals surface area contributed by atoms with Crippen LogP contribution in [0.15, 0.2) is 0 Å². The van der Waals surface area contributed by atoms with Crippen molar-refractivity contribution < 1.29 is 4.74 Å². The summed E-state index contributed by atoms with van der Waals surface area (Å²) < 4.78 is 7.27. The highest BCUT2D eigenvalue weighted by molar-refractivity contribution is 6.30. The lowest BCUT2D eigenvalue weighted by molar-refractivity contribution is 0.0662. The zero-order chi connectivity index (χ0) is 10.1. The van der Waals surface area contributed by atoms with E-state index in [1.807, 2.05) is 18.5 Å². The molecule has 1 aliphatic rings. The van der Waals surface area contributed by atoms with Gasteiger partial charge in [0, 0.05) is 18.8 Å². The standard InChI is InChI=1S/C10H15ClN2O/c1-7-8(2)12-13(10(7)11)9-3-5-14-6-4-9/h9H,3-6H2,1-2H3. The van der Waals surface area contributed by atoms with Crippen LogP contribution in [0.3, 0.4) is 0 Å². The van der Waals surface area contributed by atoms with Gasteiger partial charge in [-0.1, -0.05) is 11.6 Å². The van der Waals surface area contributed by atoms with Crippen LogP contribution in [0.5, 0.6) is 0 Å². The Morgan fingerprint density at radius 1 is 1.36 bits per heavy atom. The maximum atomic E-state index is 6.21. The maximum Gasteiger partial charge on any atom is 0.130 e. The molecule has 0 spiro atoms. The van der Waals surface area contributed by atoms with Crippen molar-refractivity contribution in [3.63, 3.8) is 0 Å². The molecule has 0 aliphatic carbocycles. The van der Waals surface area contributed by atoms with Gasteiger partial charge in [0.1, 0.15) is 5.15 Å². The average Bonchev–Trinajstić information content (AvgIpc) is 2.47. The van der Waals surface area contributed by atoms with Crippen molar-refractivity contribution >= 4 is 11.6 Å². The number of nitrogens with zero attached hydrogens (tertiary/aromatic N) is 2. The van der Waals surface area contributed by atoms with Crippen LogP contribution in [0.1, 0.15) is 30.1 Å². The van der Waals surface area contributed by atoms with Crippen molar-refractivity contribution in [2.45, 2.75) is 32.7 Å². The zero-order valence-electron chi connectivity index (χ0n) is 8.59. The molecular weight excluding hydrogens is 200 g/mol. The van der Waals surface area contributed by atoms with Crippen LogP contribution < -0.4 is 0 Å². The second kappa shape index (κ2) is 3.91. The number of hydrogen-bond donors (Lipinski definition) is 0. The minimum absolute atomic E-state index is 0.420. The number of aromatic nitrogens is 2. The molecule has 0 bridgehead atoms. The summed E-state index contributed by atoms with van der Waals surface area (Å²) in [5, 5.41) is 5.25. The van der Waals surface area contributed by atoms with Crippen molar-refractivity contribution in [2.75, 3.05) is 13.2 Å². The Hall–Kier alpha value is -0.540. The summed E-state index contributed by atoms with van der Waals surface area (Å²) in [6.07, 6.45) is 2.03. The monoisotopic (exact) mass is 214 g/mol. The summed E-state index contributed by atoms with van der Waals surface area (Å²) in [7, 11) is 0. The third-order valence-corrected chi connectivity index (χ3v) is 3.30. The van der Waals surface area contributed by atoms with E-state index in [-0.39, 0.29) is 0 Å². The van der Waals surface area contributed by atoms with E-state index >= 15 is 0 Å². The Balaban J connectivity index is 2.26. The van der Waals surface area contributed by atoms with Crippen molar-refractivity contribution in [3.05, 3.63) is 16.4 Å². The third-order valence-electron chi connectivity index (χ3n) is 2.85. The van der Waals surface area contributed by atoms with Gasteiger partial charge in [0.05, 0.1) is 11.7 Å². The topological polar surface area (TPSA) is 27.1 Å². The molecule has 1 aromatic heterocycles. The number of rotatable bonds is 1. The minimum atomic E-state index is 0.420. The number of hydrogen-bond acceptors (Lipinski definition) is 2. The Kier molecular flexibility index (Phi) is 2.79. The van der Waals surface area contributed by atoms with Gasteiger partial charge in [-0.25, -0.2) is 0 Å². The first kappa shape index (κ1) is 9.99. The van der Waals surface area contributed by atoms with Crippen LogP contribution in [-0.4, -0.2) is 23.0 Å². The first-order valence-electron chi connectivity index (χ1n) is 4.99. The summed E-state index contributed by atoms with van der Waals surface area (Å²) in [5.41, 5.74) is 2.12. The fraction of sp³-hybridized carbons (Fsp3) is 0.700. The van der Waals surface area contributed by atoms with Crippen molar-refractivity contribution in [1.82, 2.24) is 9.78 Å². The molecular formula is C10H15ClN2O. The first-order valence-corrected chi connectivity index (χ1v) is 5.37. The SMILES string of the molecule is Cc1nn(C2CCOCC2)c(Cl)c1C. The molecule has 0 atom stereocenters. The van der Waals surface area contributed by atoms with Gasteiger partial charge in [0.15, 0.2) is 0 Å². The number of ether oxygens (including phenoxy) is 1. The van der Waals surface area contributed by atoms with E-state index < -0.39 is 0 Å². The van der Waals surface area contributed by atoms with Crippen LogP contribution in [0, 0.1) is 13.8 Å². The second-order valence-corrected chi connectivity index (χ2v) is 4.15. The summed E-state index contributed by atoms with van der Waals surface area (Å²) >= 11 is 6.21. The van der Waals surface area contributed by atoms with Crippen molar-refractivity contribution in [3.8, 4) is 0 Å². The van der Waals surface area contributed by atoms with Crippen LogP contribution in [0.2, 0.25) is 5.15 Å². The molecule has 2 rings (SSSR count). The van der Waals surface area contributed by atoms with Crippen molar-refractivity contribution in [2.24, 2.45) is 0 Å². The summed E-state index contributed by atoms with van der Waals surface area (Å²) in [5.74, 6) is 0. The number of aryl methyl sites for hydroxylation is 1. The summed E-state index contributed by atoms with van der Waals surface area (Å²) in [6, 6.07) is 0.420. The Bertz CT molecular complexity index is 329. The van der Waals surface area contributed by atoms with E-state index in [0.717, 1.165) is 42.5 Å². The van der Waals surface area contributed by atoms with E-state index in [9.17, 15) is 0 Å². The van der Waals surface area contributed by atoms with Gasteiger partial charge in [0.25, 0.3) is 0 Å². The highest BCUT2D eigenvalue weighted by Gasteiger charge is 2.20. The van der Waals surface area contributed by atoms with E-state index in [2.05, 4.69) is 5.10 Å². The number of halogens is 1. The Labute approximate surface area is 89.0 Å². The highest BCUT2D eigenvalue weighted by atomic mass is 35.5. The molecule has 1 aromatic rings. The van der Waals surface area contributed by atoms with Gasteiger partial charge in [-0.3, -0.25) is 4.68 Å². The molecule has 78 valence electrons. The van der Waals surface area contributed by atoms with E-state index in [1.54, 1.807) is 0 Å². The predicted octanol–water partition coefficient (Wildman–Crippen LogP) is 2.50. The van der Waals surface area contributed by atoms with Crippen LogP contribution >= 0.6 is 11.6 Å². The normalized spacial score (nSPS) is 18.8. The van der Waals surface area contributed by atoms with Crippen LogP contribution in [-0.2, 0) is 4.74 Å². The molecule has 0 aromatic carbocycles. The molecule has 4 heteroatoms. The van der Waals surface area contributed by atoms with Gasteiger partial charge < -0.3 is 4.74 Å². The maximum absolute atomic E-state index is 6.21. The van der Waals surface area contributed by atoms with E-state index in [0.29, 0.717) is 6.04 Å². The highest BCUT2D eigenvalue weighted by Crippen LogP contribution is 2.27. The van der Waals surface area contributed by atoms with E-state index in [1.165, 1.54) is 0 Å². The molecule has 14 heavy (non-hydrogen) atoms. The average molecular weight is 215 g/mol. The molecule has 2 heterocycles. The second-order valence-electron chi connectivity index (χ2n) is 3.79. The van der Waals surface area contributed by atoms with Gasteiger partial charge in [-0.05, 0) is 26.7 Å². The molecule has 0 radical (unpaired) electrons. The smallest absolute Gasteiger partial charge is 0.130 e. The molecule has 0 saturated carbocycles. The first-order chi connectivity index (χ1) is 6.70. The zero-order valence-corrected chi connectivity index (χ0v) is 9.34. The molecule has 1 saturated heterocycles. The molecule has 0 N–H and O–H groups in total. The minimum Gasteiger partial charge on any atom is -0.381 e. The fourth-order valence-electron chi connectivity index (χ4n) is 1.77. The van der Waals surface area contributed by atoms with Crippen LogP contribution in [0.4, 0.5) is 0 Å². The van der Waals surface area contributed by atoms with Gasteiger partial charge in [-0.15, -0.1) is 0 Å². The Morgan fingerprint density at radius 2 is 2.00 bits per heavy atom. The van der Waals surface area contributed by atoms with E-state index in [4.69, 9.17) is 16.3 Å². The largest absolute Gasteiger partial charge is 0.381 e. The lowest BCUT2D eigenvalue weighted by atomic mass is 10.1. The molecule has 0 unspecified atom stereocenters. The molecule has 1 fully saturated rings. The predicted molar refractivity (Wildman–Crippen MR) is 55.8 cm³/mol. The van der Waals surface area contributed by atoms with Gasteiger partial charge in [0.2, 0.25) is 0 Å². The summed E-state index contributed by atoms with van der Waals surface area (Å²) in [6.45, 7) is 5.65. The molecule has 1 aliphatic heterocycles. The fourth-order valence-corrected chi connectivity index (χ4v) is 2.09. The van der Waals surface area contributed by atoms with Gasteiger partial charge >= 0.3 is 0 Å². The summed E-state index contributed by atoms with van der Waals surface area (Å²) in [4.78, 5) is 0. The molecule has 3 nitrogen and oxygen atoms in total. The lowest BCUT2D eigenvalue weighted by Crippen LogP contribution is -2.20. The van der Waals surface area contributed by atoms with Crippen LogP contribution in [0.25, 0.3) is 0 Å². The lowest BCUT2D eigenvalue weighted by Gasteiger charge is -2.23. The Morgan fingerprint density at radius 3 is 2.50 bits per heavy atom. The quantitative estimate of drug-likeness (QED) is 0.718. The third kappa shape index (κ3) is 1.66. The molecule has 0 amide bonds. The van der Waals surface area contributed by atoms with Crippen molar-refractivity contribution in [1.29, 1.82) is 0 Å². The van der Waals surface area contributed by atoms with Gasteiger partial charge in [-0.2, -0.15) is 5.10 Å².